The molecule has 0 fully saturated rings. The van der Waals surface area contributed by atoms with Crippen molar-refractivity contribution in [3.63, 3.8) is 0 Å². The van der Waals surface area contributed by atoms with Gasteiger partial charge in [0.05, 0.1) is 5.56 Å². The summed E-state index contributed by atoms with van der Waals surface area (Å²) in [5.41, 5.74) is 8.94. The molecule has 0 amide bonds. The molecule has 3 aromatic rings. The predicted octanol–water partition coefficient (Wildman–Crippen LogP) is 2.79. The standard InChI is InChI=1S/C14H13N5S/c15-13-12(11-4-2-6-17-9-11)14(20-19-13)18-8-10-3-1-5-16-7-10/h1-7,9,18H,8H2,(H2,15,19). The smallest absolute Gasteiger partial charge is 0.147 e. The van der Waals surface area contributed by atoms with E-state index in [1.165, 1.54) is 11.5 Å². The molecule has 0 radical (unpaired) electrons. The third-order valence-electron chi connectivity index (χ3n) is 2.84. The van der Waals surface area contributed by atoms with Gasteiger partial charge in [-0.1, -0.05) is 12.1 Å². The molecule has 6 heteroatoms. The zero-order valence-electron chi connectivity index (χ0n) is 10.7. The maximum atomic E-state index is 5.96. The number of aromatic nitrogens is 3. The monoisotopic (exact) mass is 283 g/mol. The molecule has 3 heterocycles. The van der Waals surface area contributed by atoms with Crippen LogP contribution in [0.2, 0.25) is 0 Å². The first-order valence-electron chi connectivity index (χ1n) is 6.13. The lowest BCUT2D eigenvalue weighted by molar-refractivity contribution is 1.12. The van der Waals surface area contributed by atoms with Gasteiger partial charge in [0.1, 0.15) is 10.8 Å². The molecule has 3 N–H and O–H groups in total. The number of nitrogens with two attached hydrogens (primary N) is 1. The molecule has 0 saturated carbocycles. The third kappa shape index (κ3) is 2.60. The Kier molecular flexibility index (Phi) is 3.56. The van der Waals surface area contributed by atoms with Crippen molar-refractivity contribution in [1.29, 1.82) is 0 Å². The van der Waals surface area contributed by atoms with Crippen molar-refractivity contribution in [1.82, 2.24) is 14.3 Å². The maximum absolute atomic E-state index is 5.96. The summed E-state index contributed by atoms with van der Waals surface area (Å²) in [4.78, 5) is 8.22. The molecule has 3 aromatic heterocycles. The van der Waals surface area contributed by atoms with Crippen molar-refractivity contribution in [3.8, 4) is 11.1 Å². The fourth-order valence-electron chi connectivity index (χ4n) is 1.90. The van der Waals surface area contributed by atoms with E-state index in [0.29, 0.717) is 12.4 Å². The number of rotatable bonds is 4. The Balaban J connectivity index is 1.85. The molecule has 0 aliphatic rings. The summed E-state index contributed by atoms with van der Waals surface area (Å²) in [5.74, 6) is 0.525. The summed E-state index contributed by atoms with van der Waals surface area (Å²) in [7, 11) is 0. The highest BCUT2D eigenvalue weighted by atomic mass is 32.1. The van der Waals surface area contributed by atoms with Gasteiger partial charge >= 0.3 is 0 Å². The lowest BCUT2D eigenvalue weighted by Crippen LogP contribution is -1.99. The van der Waals surface area contributed by atoms with Crippen molar-refractivity contribution >= 4 is 22.4 Å². The second kappa shape index (κ2) is 5.66. The van der Waals surface area contributed by atoms with Crippen LogP contribution in [0.4, 0.5) is 10.8 Å². The number of hydrogen-bond donors (Lipinski definition) is 2. The van der Waals surface area contributed by atoms with E-state index in [1.54, 1.807) is 18.6 Å². The SMILES string of the molecule is Nc1nsc(NCc2cccnc2)c1-c1cccnc1. The summed E-state index contributed by atoms with van der Waals surface area (Å²) in [5, 5.41) is 4.30. The first-order valence-corrected chi connectivity index (χ1v) is 6.90. The summed E-state index contributed by atoms with van der Waals surface area (Å²) in [6, 6.07) is 7.80. The Morgan fingerprint density at radius 1 is 1.10 bits per heavy atom. The van der Waals surface area contributed by atoms with Gasteiger partial charge in [-0.25, -0.2) is 0 Å². The Hall–Kier alpha value is -2.47. The Morgan fingerprint density at radius 2 is 1.90 bits per heavy atom. The minimum Gasteiger partial charge on any atom is -0.382 e. The second-order valence-corrected chi connectivity index (χ2v) is 5.00. The lowest BCUT2D eigenvalue weighted by atomic mass is 10.1. The van der Waals surface area contributed by atoms with E-state index < -0.39 is 0 Å². The zero-order valence-corrected chi connectivity index (χ0v) is 11.5. The highest BCUT2D eigenvalue weighted by molar-refractivity contribution is 7.11. The molecule has 0 aliphatic carbocycles. The molecule has 20 heavy (non-hydrogen) atoms. The molecule has 0 saturated heterocycles. The van der Waals surface area contributed by atoms with Crippen LogP contribution in [0.5, 0.6) is 0 Å². The van der Waals surface area contributed by atoms with E-state index in [4.69, 9.17) is 5.73 Å². The van der Waals surface area contributed by atoms with E-state index >= 15 is 0 Å². The first-order chi connectivity index (χ1) is 9.84. The molecule has 0 aromatic carbocycles. The molecule has 100 valence electrons. The fraction of sp³-hybridized carbons (Fsp3) is 0.0714. The third-order valence-corrected chi connectivity index (χ3v) is 3.66. The van der Waals surface area contributed by atoms with Crippen LogP contribution < -0.4 is 11.1 Å². The molecule has 0 spiro atoms. The van der Waals surface area contributed by atoms with E-state index in [9.17, 15) is 0 Å². The van der Waals surface area contributed by atoms with Gasteiger partial charge in [-0.3, -0.25) is 9.97 Å². The zero-order chi connectivity index (χ0) is 13.8. The first kappa shape index (κ1) is 12.6. The summed E-state index contributed by atoms with van der Waals surface area (Å²) >= 11 is 1.36. The summed E-state index contributed by atoms with van der Waals surface area (Å²) in [6.07, 6.45) is 7.12. The second-order valence-electron chi connectivity index (χ2n) is 4.23. The van der Waals surface area contributed by atoms with Crippen LogP contribution >= 0.6 is 11.5 Å². The van der Waals surface area contributed by atoms with E-state index in [0.717, 1.165) is 21.7 Å². The minimum atomic E-state index is 0.525. The van der Waals surface area contributed by atoms with Gasteiger partial charge in [-0.2, -0.15) is 4.37 Å². The predicted molar refractivity (Wildman–Crippen MR) is 81.3 cm³/mol. The van der Waals surface area contributed by atoms with Gasteiger partial charge in [0.15, 0.2) is 0 Å². The Labute approximate surface area is 120 Å². The van der Waals surface area contributed by atoms with E-state index in [1.807, 2.05) is 30.5 Å². The Bertz CT molecular complexity index is 681. The topological polar surface area (TPSA) is 76.7 Å². The van der Waals surface area contributed by atoms with Crippen LogP contribution in [-0.2, 0) is 6.54 Å². The van der Waals surface area contributed by atoms with Crippen molar-refractivity contribution in [2.75, 3.05) is 11.1 Å². The quantitative estimate of drug-likeness (QED) is 0.770. The van der Waals surface area contributed by atoms with Crippen LogP contribution in [0.25, 0.3) is 11.1 Å². The lowest BCUT2D eigenvalue weighted by Gasteiger charge is -2.07. The minimum absolute atomic E-state index is 0.525. The number of anilines is 2. The Morgan fingerprint density at radius 3 is 2.60 bits per heavy atom. The molecule has 0 atom stereocenters. The van der Waals surface area contributed by atoms with Gasteiger partial charge in [0.25, 0.3) is 0 Å². The van der Waals surface area contributed by atoms with Gasteiger partial charge in [-0.05, 0) is 29.2 Å². The summed E-state index contributed by atoms with van der Waals surface area (Å²) < 4.78 is 4.22. The van der Waals surface area contributed by atoms with Crippen LogP contribution in [0.1, 0.15) is 5.56 Å². The van der Waals surface area contributed by atoms with Crippen LogP contribution in [0, 0.1) is 0 Å². The van der Waals surface area contributed by atoms with Crippen LogP contribution in [0.15, 0.2) is 49.1 Å². The van der Waals surface area contributed by atoms with Crippen LogP contribution in [-0.4, -0.2) is 14.3 Å². The molecule has 0 unspecified atom stereocenters. The molecular weight excluding hydrogens is 270 g/mol. The number of nitrogens with zero attached hydrogens (tertiary/aromatic N) is 3. The van der Waals surface area contributed by atoms with Crippen molar-refractivity contribution in [2.24, 2.45) is 0 Å². The van der Waals surface area contributed by atoms with Gasteiger partial charge in [0.2, 0.25) is 0 Å². The maximum Gasteiger partial charge on any atom is 0.147 e. The molecule has 5 nitrogen and oxygen atoms in total. The number of nitrogens with one attached hydrogen (secondary N) is 1. The van der Waals surface area contributed by atoms with Crippen molar-refractivity contribution in [2.45, 2.75) is 6.54 Å². The molecular formula is C14H13N5S. The molecule has 3 rings (SSSR count). The average Bonchev–Trinajstić information content (AvgIpc) is 2.88. The number of hydrogen-bond acceptors (Lipinski definition) is 6. The van der Waals surface area contributed by atoms with Gasteiger partial charge in [-0.15, -0.1) is 0 Å². The number of pyridine rings is 2. The molecule has 0 aliphatic heterocycles. The van der Waals surface area contributed by atoms with Gasteiger partial charge in [0, 0.05) is 36.9 Å². The van der Waals surface area contributed by atoms with Gasteiger partial charge < -0.3 is 11.1 Å². The average molecular weight is 283 g/mol. The highest BCUT2D eigenvalue weighted by Crippen LogP contribution is 2.36. The normalized spacial score (nSPS) is 10.4. The fourth-order valence-corrected chi connectivity index (χ4v) is 2.63. The van der Waals surface area contributed by atoms with Crippen molar-refractivity contribution < 1.29 is 0 Å². The number of nitrogen functional groups attached to an aromatic ring is 1. The highest BCUT2D eigenvalue weighted by Gasteiger charge is 2.13. The van der Waals surface area contributed by atoms with Crippen molar-refractivity contribution in [3.05, 3.63) is 54.6 Å². The summed E-state index contributed by atoms with van der Waals surface area (Å²) in [6.45, 7) is 0.683. The largest absolute Gasteiger partial charge is 0.382 e. The molecule has 0 bridgehead atoms. The van der Waals surface area contributed by atoms with E-state index in [-0.39, 0.29) is 0 Å². The van der Waals surface area contributed by atoms with Crippen LogP contribution in [0.3, 0.4) is 0 Å². The van der Waals surface area contributed by atoms with E-state index in [2.05, 4.69) is 19.7 Å².